The average molecular weight is 397 g/mol. The Labute approximate surface area is 165 Å². The number of amides is 1. The summed E-state index contributed by atoms with van der Waals surface area (Å²) in [6.45, 7) is 5.38. The van der Waals surface area contributed by atoms with Gasteiger partial charge in [0, 0.05) is 65.0 Å². The van der Waals surface area contributed by atoms with Crippen LogP contribution in [0.2, 0.25) is 5.02 Å². The van der Waals surface area contributed by atoms with Gasteiger partial charge in [0.25, 0.3) is 5.91 Å². The fourth-order valence-corrected chi connectivity index (χ4v) is 4.58. The van der Waals surface area contributed by atoms with Gasteiger partial charge in [-0.1, -0.05) is 11.6 Å². The number of piperazine rings is 1. The first-order valence-corrected chi connectivity index (χ1v) is 9.98. The fraction of sp³-hybridized carbons (Fsp3) is 0.684. The predicted octanol–water partition coefficient (Wildman–Crippen LogP) is 1.62. The average Bonchev–Trinajstić information content (AvgIpc) is 2.98. The molecule has 27 heavy (non-hydrogen) atoms. The molecule has 8 heteroatoms. The van der Waals surface area contributed by atoms with E-state index in [1.807, 2.05) is 11.9 Å². The molecule has 7 nitrogen and oxygen atoms in total. The van der Waals surface area contributed by atoms with Gasteiger partial charge in [-0.3, -0.25) is 14.5 Å². The molecule has 1 amide bonds. The molecule has 150 valence electrons. The molecule has 0 aliphatic carbocycles. The van der Waals surface area contributed by atoms with Crippen LogP contribution in [0, 0.1) is 5.92 Å². The van der Waals surface area contributed by atoms with Crippen molar-refractivity contribution in [3.8, 4) is 0 Å². The van der Waals surface area contributed by atoms with Crippen LogP contribution < -0.4 is 0 Å². The molecule has 3 heterocycles. The summed E-state index contributed by atoms with van der Waals surface area (Å²) in [5.74, 6) is -0.621. The highest BCUT2D eigenvalue weighted by atomic mass is 35.5. The summed E-state index contributed by atoms with van der Waals surface area (Å²) in [4.78, 5) is 30.8. The Morgan fingerprint density at radius 3 is 2.48 bits per heavy atom. The number of carboxylic acid groups (broad SMARTS) is 1. The molecule has 0 aromatic carbocycles. The second-order valence-electron chi connectivity index (χ2n) is 7.79. The monoisotopic (exact) mass is 396 g/mol. The van der Waals surface area contributed by atoms with Crippen LogP contribution in [0.3, 0.4) is 0 Å². The maximum absolute atomic E-state index is 13.0. The highest BCUT2D eigenvalue weighted by molar-refractivity contribution is 6.31. The Balaban J connectivity index is 1.71. The van der Waals surface area contributed by atoms with E-state index in [9.17, 15) is 9.59 Å². The molecule has 3 rings (SSSR count). The van der Waals surface area contributed by atoms with E-state index in [1.165, 1.54) is 0 Å². The number of carboxylic acids is 1. The van der Waals surface area contributed by atoms with Crippen LogP contribution in [0.15, 0.2) is 12.3 Å². The van der Waals surface area contributed by atoms with E-state index in [2.05, 4.69) is 16.8 Å². The maximum atomic E-state index is 13.0. The number of nitrogens with zero attached hydrogens (tertiary/aromatic N) is 4. The molecule has 0 unspecified atom stereocenters. The normalized spacial score (nSPS) is 24.9. The van der Waals surface area contributed by atoms with Crippen molar-refractivity contribution in [2.75, 3.05) is 46.3 Å². The summed E-state index contributed by atoms with van der Waals surface area (Å²) in [6, 6.07) is 2.04. The minimum absolute atomic E-state index is 0.0263. The van der Waals surface area contributed by atoms with Crippen LogP contribution in [0.25, 0.3) is 0 Å². The number of rotatable bonds is 5. The molecule has 1 aromatic heterocycles. The van der Waals surface area contributed by atoms with Crippen LogP contribution >= 0.6 is 11.6 Å². The van der Waals surface area contributed by atoms with Crippen LogP contribution in [0.5, 0.6) is 0 Å². The molecular formula is C19H29ClN4O3. The number of hydrogen-bond acceptors (Lipinski definition) is 4. The SMILES string of the molecule is CN1CCN([C@@H]2CCN(C(=O)c3cc(Cl)cn3C)C[C@@H]2CCC(=O)O)CC1. The van der Waals surface area contributed by atoms with Crippen LogP contribution in [-0.2, 0) is 11.8 Å². The highest BCUT2D eigenvalue weighted by Crippen LogP contribution is 2.28. The second-order valence-corrected chi connectivity index (χ2v) is 8.23. The van der Waals surface area contributed by atoms with Gasteiger partial charge in [-0.05, 0) is 31.9 Å². The number of likely N-dealkylation sites (tertiary alicyclic amines) is 1. The van der Waals surface area contributed by atoms with Gasteiger partial charge in [0.05, 0.1) is 5.02 Å². The number of aromatic nitrogens is 1. The van der Waals surface area contributed by atoms with E-state index < -0.39 is 5.97 Å². The van der Waals surface area contributed by atoms with Crippen LogP contribution in [0.1, 0.15) is 29.8 Å². The van der Waals surface area contributed by atoms with Crippen molar-refractivity contribution >= 4 is 23.5 Å². The molecule has 2 atom stereocenters. The van der Waals surface area contributed by atoms with Gasteiger partial charge >= 0.3 is 5.97 Å². The molecular weight excluding hydrogens is 368 g/mol. The number of carbonyl (C=O) groups is 2. The standard InChI is InChI=1S/C19H29ClN4O3/c1-21-7-9-23(10-8-21)16-5-6-24(12-14(16)3-4-18(25)26)19(27)17-11-15(20)13-22(17)2/h11,13-14,16H,3-10,12H2,1-2H3,(H,25,26)/t14-,16+/m0/s1. The van der Waals surface area contributed by atoms with E-state index in [0.29, 0.717) is 36.3 Å². The smallest absolute Gasteiger partial charge is 0.303 e. The van der Waals surface area contributed by atoms with Gasteiger partial charge in [-0.2, -0.15) is 0 Å². The first-order chi connectivity index (χ1) is 12.8. The Hall–Kier alpha value is -1.57. The molecule has 0 spiro atoms. The third-order valence-corrected chi connectivity index (χ3v) is 6.11. The van der Waals surface area contributed by atoms with Crippen LogP contribution in [0.4, 0.5) is 0 Å². The van der Waals surface area contributed by atoms with Gasteiger partial charge in [0.15, 0.2) is 0 Å². The van der Waals surface area contributed by atoms with Crippen molar-refractivity contribution in [2.24, 2.45) is 13.0 Å². The third-order valence-electron chi connectivity index (χ3n) is 5.91. The van der Waals surface area contributed by atoms with Gasteiger partial charge in [-0.15, -0.1) is 0 Å². The van der Waals surface area contributed by atoms with E-state index in [0.717, 1.165) is 32.6 Å². The minimum Gasteiger partial charge on any atom is -0.481 e. The van der Waals surface area contributed by atoms with Gasteiger partial charge in [0.2, 0.25) is 0 Å². The number of piperidine rings is 1. The summed E-state index contributed by atoms with van der Waals surface area (Å²) < 4.78 is 1.75. The quantitative estimate of drug-likeness (QED) is 0.819. The van der Waals surface area contributed by atoms with Crippen molar-refractivity contribution in [3.63, 3.8) is 0 Å². The topological polar surface area (TPSA) is 69.0 Å². The van der Waals surface area contributed by atoms with E-state index in [4.69, 9.17) is 16.7 Å². The fourth-order valence-electron chi connectivity index (χ4n) is 4.33. The lowest BCUT2D eigenvalue weighted by Gasteiger charge is -2.46. The molecule has 0 radical (unpaired) electrons. The van der Waals surface area contributed by atoms with Crippen molar-refractivity contribution in [1.29, 1.82) is 0 Å². The summed E-state index contributed by atoms with van der Waals surface area (Å²) in [7, 11) is 3.95. The van der Waals surface area contributed by atoms with E-state index in [1.54, 1.807) is 16.8 Å². The number of hydrogen-bond donors (Lipinski definition) is 1. The van der Waals surface area contributed by atoms with Crippen molar-refractivity contribution < 1.29 is 14.7 Å². The molecule has 2 aliphatic heterocycles. The molecule has 2 fully saturated rings. The lowest BCUT2D eigenvalue weighted by molar-refractivity contribution is -0.137. The molecule has 0 saturated carbocycles. The minimum atomic E-state index is -0.773. The lowest BCUT2D eigenvalue weighted by Crippen LogP contribution is -2.57. The zero-order valence-corrected chi connectivity index (χ0v) is 16.9. The molecule has 1 aromatic rings. The van der Waals surface area contributed by atoms with Gasteiger partial charge < -0.3 is 19.5 Å². The number of aryl methyl sites for hydroxylation is 1. The number of aliphatic carboxylic acids is 1. The maximum Gasteiger partial charge on any atom is 0.303 e. The number of likely N-dealkylation sites (N-methyl/N-ethyl adjacent to an activating group) is 1. The Kier molecular flexibility index (Phi) is 6.44. The van der Waals surface area contributed by atoms with Crippen molar-refractivity contribution in [2.45, 2.75) is 25.3 Å². The lowest BCUT2D eigenvalue weighted by atomic mass is 9.86. The van der Waals surface area contributed by atoms with Crippen molar-refractivity contribution in [1.82, 2.24) is 19.3 Å². The summed E-state index contributed by atoms with van der Waals surface area (Å²) in [6.07, 6.45) is 3.36. The van der Waals surface area contributed by atoms with E-state index >= 15 is 0 Å². The summed E-state index contributed by atoms with van der Waals surface area (Å²) in [5, 5.41) is 9.70. The number of halogens is 1. The first kappa shape index (κ1) is 20.2. The van der Waals surface area contributed by atoms with E-state index in [-0.39, 0.29) is 18.2 Å². The predicted molar refractivity (Wildman–Crippen MR) is 104 cm³/mol. The molecule has 1 N–H and O–H groups in total. The zero-order valence-electron chi connectivity index (χ0n) is 16.1. The molecule has 2 saturated heterocycles. The number of carbonyl (C=O) groups excluding carboxylic acids is 1. The Morgan fingerprint density at radius 1 is 1.19 bits per heavy atom. The van der Waals surface area contributed by atoms with Crippen molar-refractivity contribution in [3.05, 3.63) is 23.0 Å². The van der Waals surface area contributed by atoms with Gasteiger partial charge in [0.1, 0.15) is 5.69 Å². The summed E-state index contributed by atoms with van der Waals surface area (Å²) >= 11 is 6.03. The largest absolute Gasteiger partial charge is 0.481 e. The third kappa shape index (κ3) is 4.83. The first-order valence-electron chi connectivity index (χ1n) is 9.60. The Bertz CT molecular complexity index is 684. The Morgan fingerprint density at radius 2 is 1.89 bits per heavy atom. The highest BCUT2D eigenvalue weighted by Gasteiger charge is 2.36. The summed E-state index contributed by atoms with van der Waals surface area (Å²) in [5.41, 5.74) is 0.579. The molecule has 2 aliphatic rings. The zero-order chi connectivity index (χ0) is 19.6. The second kappa shape index (κ2) is 8.63. The molecule has 0 bridgehead atoms. The van der Waals surface area contributed by atoms with Crippen LogP contribution in [-0.4, -0.2) is 88.6 Å². The van der Waals surface area contributed by atoms with Gasteiger partial charge in [-0.25, -0.2) is 0 Å².